The molecule has 1 aromatic heterocycles. The molecule has 0 radical (unpaired) electrons. The lowest BCUT2D eigenvalue weighted by atomic mass is 9.96. The molecule has 2 bridgehead atoms. The van der Waals surface area contributed by atoms with Crippen LogP contribution in [0.25, 0.3) is 10.9 Å². The summed E-state index contributed by atoms with van der Waals surface area (Å²) in [5.41, 5.74) is 6.35. The van der Waals surface area contributed by atoms with Gasteiger partial charge in [-0.2, -0.15) is 0 Å². The number of nitrogens with zero attached hydrogens (tertiary/aromatic N) is 1. The van der Waals surface area contributed by atoms with Gasteiger partial charge in [0.25, 0.3) is 0 Å². The van der Waals surface area contributed by atoms with E-state index in [9.17, 15) is 67.7 Å². The molecule has 416 valence electrons. The van der Waals surface area contributed by atoms with Crippen molar-refractivity contribution in [1.29, 1.82) is 0 Å². The maximum atomic E-state index is 14.6. The quantitative estimate of drug-likeness (QED) is 0.0866. The highest BCUT2D eigenvalue weighted by Crippen LogP contribution is 2.34. The molecular formula is C48H69N13O14S. The number of nitrogens with two attached hydrogens (primary N) is 1. The van der Waals surface area contributed by atoms with E-state index in [0.717, 1.165) is 16.7 Å². The van der Waals surface area contributed by atoms with Crippen molar-refractivity contribution >= 4 is 99.3 Å². The number of nitrogens with one attached hydrogen (secondary N) is 11. The van der Waals surface area contributed by atoms with Gasteiger partial charge in [-0.3, -0.25) is 57.5 Å². The molecule has 11 amide bonds. The van der Waals surface area contributed by atoms with Crippen molar-refractivity contribution in [3.63, 3.8) is 0 Å². The van der Waals surface area contributed by atoms with Crippen LogP contribution in [0.3, 0.4) is 0 Å². The first-order valence-electron chi connectivity index (χ1n) is 25.1. The zero-order valence-electron chi connectivity index (χ0n) is 42.9. The molecular weight excluding hydrogens is 1010 g/mol. The van der Waals surface area contributed by atoms with Crippen molar-refractivity contribution in [2.45, 2.75) is 133 Å². The number of aliphatic hydroxyl groups is 1. The van der Waals surface area contributed by atoms with Crippen molar-refractivity contribution in [3.8, 4) is 0 Å². The first-order chi connectivity index (χ1) is 36.0. The highest BCUT2D eigenvalue weighted by atomic mass is 32.2. The summed E-state index contributed by atoms with van der Waals surface area (Å²) in [5, 5.41) is 46.9. The SMILES string of the molecule is CCC(C)[C@@H]1NC(=O)[C@@H]2C[C@@H](O)CN2C(=O)[C@H](CC(=O)O)NC(=O)[C@@H]2CSc3[nH]c4ccc(NC(=O)CNC(=O)C(C)NC(=O)CCCN)cc4c3C[C@H](NC1=O)C(=O)NCC(=O)N[C@@H]([C@@H](C)CC)C(=O)NCC(=O)N2. The van der Waals surface area contributed by atoms with Gasteiger partial charge in [0.1, 0.15) is 42.3 Å². The fourth-order valence-electron chi connectivity index (χ4n) is 8.66. The van der Waals surface area contributed by atoms with Gasteiger partial charge in [-0.05, 0) is 55.5 Å². The summed E-state index contributed by atoms with van der Waals surface area (Å²) in [6.45, 7) is 6.18. The number of carbonyl (C=O) groups is 12. The number of aliphatic hydroxyl groups excluding tert-OH is 1. The average Bonchev–Trinajstić information content (AvgIpc) is 3.94. The number of hydrogen-bond acceptors (Lipinski definition) is 15. The number of fused-ring (bicyclic) bond motifs is 5. The molecule has 76 heavy (non-hydrogen) atoms. The smallest absolute Gasteiger partial charge is 0.305 e. The number of H-pyrrole nitrogens is 1. The van der Waals surface area contributed by atoms with Crippen molar-refractivity contribution in [3.05, 3.63) is 23.8 Å². The van der Waals surface area contributed by atoms with Crippen molar-refractivity contribution < 1.29 is 67.7 Å². The van der Waals surface area contributed by atoms with Crippen LogP contribution < -0.4 is 58.9 Å². The lowest BCUT2D eigenvalue weighted by Crippen LogP contribution is -2.61. The number of benzene rings is 1. The molecule has 5 rings (SSSR count). The molecule has 0 spiro atoms. The van der Waals surface area contributed by atoms with Gasteiger partial charge in [0, 0.05) is 48.2 Å². The largest absolute Gasteiger partial charge is 0.481 e. The van der Waals surface area contributed by atoms with Crippen LogP contribution in [0.5, 0.6) is 0 Å². The zero-order valence-corrected chi connectivity index (χ0v) is 43.7. The molecule has 1 saturated heterocycles. The number of carbonyl (C=O) groups excluding carboxylic acids is 11. The van der Waals surface area contributed by atoms with Gasteiger partial charge in [-0.25, -0.2) is 0 Å². The van der Waals surface area contributed by atoms with E-state index in [-0.39, 0.29) is 42.3 Å². The lowest BCUT2D eigenvalue weighted by molar-refractivity contribution is -0.146. The van der Waals surface area contributed by atoms with Crippen LogP contribution in [0.4, 0.5) is 5.69 Å². The first-order valence-corrected chi connectivity index (χ1v) is 26.1. The Kier molecular flexibility index (Phi) is 21.5. The molecule has 15 N–H and O–H groups in total. The number of carboxylic acid groups (broad SMARTS) is 1. The average molecular weight is 1080 g/mol. The number of anilines is 1. The molecule has 0 saturated carbocycles. The fraction of sp³-hybridized carbons (Fsp3) is 0.583. The minimum atomic E-state index is -1.85. The number of thioether (sulfide) groups is 1. The molecule has 2 aromatic rings. The predicted molar refractivity (Wildman–Crippen MR) is 273 cm³/mol. The standard InChI is InChI=1S/C48H69N13O14S/c1-6-22(3)39-45(73)52-18-36(65)55-32-21-76-47-28(27-13-25(10-11-29(27)58-47)54-35(64)17-50-41(69)24(5)53-34(63)9-8-12-49)15-30(42(70)51-19-37(66)59-39)56-46(74)40(23(4)7-2)60-44(72)33-14-26(62)20-61(33)48(75)31(16-38(67)68)57-43(32)71/h10-11,13,22-24,26,30-33,39-40,58,62H,6-9,12,14-21,49H2,1-5H3,(H,50,69)(H,51,70)(H,52,73)(H,53,63)(H,54,64)(H,55,65)(H,56,74)(H,57,71)(H,59,66)(H,60,72)(H,67,68)/t22-,23?,24?,26+,30-,31-,32-,33-,39-,40-/m0/s1. The summed E-state index contributed by atoms with van der Waals surface area (Å²) < 4.78 is 0. The highest BCUT2D eigenvalue weighted by Gasteiger charge is 2.44. The minimum absolute atomic E-state index is 0.111. The van der Waals surface area contributed by atoms with Crippen molar-refractivity contribution in [2.24, 2.45) is 17.6 Å². The maximum Gasteiger partial charge on any atom is 0.305 e. The molecule has 4 heterocycles. The summed E-state index contributed by atoms with van der Waals surface area (Å²) in [6, 6.07) is -5.43. The lowest BCUT2D eigenvalue weighted by Gasteiger charge is -2.31. The maximum absolute atomic E-state index is 14.6. The Bertz CT molecular complexity index is 2560. The Hall–Kier alpha value is -7.33. The van der Waals surface area contributed by atoms with Crippen molar-refractivity contribution in [2.75, 3.05) is 43.8 Å². The summed E-state index contributed by atoms with van der Waals surface area (Å²) in [4.78, 5) is 167. The van der Waals surface area contributed by atoms with Crippen molar-refractivity contribution in [1.82, 2.24) is 57.7 Å². The van der Waals surface area contributed by atoms with E-state index in [2.05, 4.69) is 58.2 Å². The Morgan fingerprint density at radius 1 is 0.803 bits per heavy atom. The molecule has 2 unspecified atom stereocenters. The van der Waals surface area contributed by atoms with Gasteiger partial charge in [0.05, 0.1) is 37.2 Å². The molecule has 3 aliphatic rings. The van der Waals surface area contributed by atoms with E-state index >= 15 is 0 Å². The number of aromatic amines is 1. The third-order valence-electron chi connectivity index (χ3n) is 13.3. The van der Waals surface area contributed by atoms with E-state index in [1.807, 2.05) is 0 Å². The zero-order chi connectivity index (χ0) is 56.0. The van der Waals surface area contributed by atoms with Crippen LogP contribution in [-0.2, 0) is 64.0 Å². The summed E-state index contributed by atoms with van der Waals surface area (Å²) in [5.74, 6) is -12.0. The summed E-state index contributed by atoms with van der Waals surface area (Å²) >= 11 is 0.929. The Labute approximate surface area is 441 Å². The molecule has 28 heteroatoms. The fourth-order valence-corrected chi connectivity index (χ4v) is 9.78. The van der Waals surface area contributed by atoms with Gasteiger partial charge < -0.3 is 79.0 Å². The van der Waals surface area contributed by atoms with E-state index in [0.29, 0.717) is 35.7 Å². The van der Waals surface area contributed by atoms with E-state index in [1.165, 1.54) is 19.1 Å². The number of hydrogen-bond donors (Lipinski definition) is 14. The molecule has 0 aliphatic carbocycles. The summed E-state index contributed by atoms with van der Waals surface area (Å²) in [7, 11) is 0. The predicted octanol–water partition coefficient (Wildman–Crippen LogP) is -3.69. The Morgan fingerprint density at radius 3 is 2.12 bits per heavy atom. The molecule has 1 aromatic carbocycles. The molecule has 10 atom stereocenters. The van der Waals surface area contributed by atoms with E-state index in [1.54, 1.807) is 33.8 Å². The number of amides is 11. The van der Waals surface area contributed by atoms with E-state index in [4.69, 9.17) is 5.73 Å². The van der Waals surface area contributed by atoms with Crippen LogP contribution in [0, 0.1) is 11.8 Å². The van der Waals surface area contributed by atoms with Gasteiger partial charge >= 0.3 is 5.97 Å². The molecule has 1 fully saturated rings. The normalized spacial score (nSPS) is 24.6. The third-order valence-corrected chi connectivity index (χ3v) is 14.5. The van der Waals surface area contributed by atoms with E-state index < -0.39 is 164 Å². The van der Waals surface area contributed by atoms with Crippen LogP contribution >= 0.6 is 11.8 Å². The second-order valence-corrected chi connectivity index (χ2v) is 20.2. The van der Waals surface area contributed by atoms with Crippen LogP contribution in [0.2, 0.25) is 0 Å². The number of carboxylic acids is 1. The third kappa shape index (κ3) is 16.1. The molecule has 3 aliphatic heterocycles. The van der Waals surface area contributed by atoms with Gasteiger partial charge in [-0.15, -0.1) is 11.8 Å². The number of aromatic nitrogens is 1. The first kappa shape index (κ1) is 59.5. The molecule has 27 nitrogen and oxygen atoms in total. The topological polar surface area (TPSA) is 411 Å². The van der Waals surface area contributed by atoms with Gasteiger partial charge in [0.15, 0.2) is 0 Å². The van der Waals surface area contributed by atoms with Crippen LogP contribution in [0.1, 0.15) is 78.7 Å². The van der Waals surface area contributed by atoms with Crippen LogP contribution in [0.15, 0.2) is 23.2 Å². The second kappa shape index (κ2) is 27.5. The second-order valence-electron chi connectivity index (χ2n) is 19.1. The Morgan fingerprint density at radius 2 is 1.46 bits per heavy atom. The van der Waals surface area contributed by atoms with Gasteiger partial charge in [-0.1, -0.05) is 40.5 Å². The highest BCUT2D eigenvalue weighted by molar-refractivity contribution is 7.99. The minimum Gasteiger partial charge on any atom is -0.481 e. The number of rotatable bonds is 14. The van der Waals surface area contributed by atoms with Gasteiger partial charge in [0.2, 0.25) is 65.0 Å². The van der Waals surface area contributed by atoms with Crippen LogP contribution in [-0.4, -0.2) is 178 Å². The Balaban J connectivity index is 1.64. The summed E-state index contributed by atoms with van der Waals surface area (Å²) in [6.07, 6.45) is -1.77. The monoisotopic (exact) mass is 1080 g/mol. The number of aliphatic carboxylic acids is 1.